The van der Waals surface area contributed by atoms with Crippen molar-refractivity contribution in [3.63, 3.8) is 0 Å². The van der Waals surface area contributed by atoms with Gasteiger partial charge in [0.25, 0.3) is 0 Å². The number of hydrogen-bond acceptors (Lipinski definition) is 9. The molecule has 4 rings (SSSR count). The van der Waals surface area contributed by atoms with Gasteiger partial charge in [-0.2, -0.15) is 4.98 Å². The molecule has 2 heterocycles. The molecule has 2 aromatic heterocycles. The first kappa shape index (κ1) is 23.8. The van der Waals surface area contributed by atoms with Gasteiger partial charge >= 0.3 is 0 Å². The fourth-order valence-electron chi connectivity index (χ4n) is 4.41. The fraction of sp³-hybridized carbons (Fsp3) is 0.542. The predicted octanol–water partition coefficient (Wildman–Crippen LogP) is 4.18. The van der Waals surface area contributed by atoms with E-state index in [-0.39, 0.29) is 18.1 Å². The van der Waals surface area contributed by atoms with E-state index in [2.05, 4.69) is 21.7 Å². The van der Waals surface area contributed by atoms with Gasteiger partial charge in [0.2, 0.25) is 5.95 Å². The van der Waals surface area contributed by atoms with Gasteiger partial charge in [-0.25, -0.2) is 9.97 Å². The molecule has 2 unspecified atom stereocenters. The topological polar surface area (TPSA) is 112 Å². The van der Waals surface area contributed by atoms with Gasteiger partial charge in [-0.05, 0) is 65.5 Å². The Balaban J connectivity index is 1.74. The molecule has 0 spiro atoms. The number of para-hydroxylation sites is 1. The van der Waals surface area contributed by atoms with Crippen LogP contribution < -0.4 is 10.6 Å². The van der Waals surface area contributed by atoms with Crippen LogP contribution in [0, 0.1) is 12.8 Å². The molecule has 0 aliphatic heterocycles. The number of ether oxygens (including phenoxy) is 1. The Morgan fingerprint density at radius 2 is 1.97 bits per heavy atom. The van der Waals surface area contributed by atoms with Crippen molar-refractivity contribution in [2.24, 2.45) is 5.92 Å². The lowest BCUT2D eigenvalue weighted by Crippen LogP contribution is -2.38. The minimum atomic E-state index is -1.27. The summed E-state index contributed by atoms with van der Waals surface area (Å²) >= 11 is 1.61. The molecule has 1 aliphatic rings. The number of rotatable bonds is 8. The summed E-state index contributed by atoms with van der Waals surface area (Å²) in [6, 6.07) is 7.92. The highest BCUT2D eigenvalue weighted by Crippen LogP contribution is 2.39. The lowest BCUT2D eigenvalue weighted by atomic mass is 10.0. The molecule has 0 bridgehead atoms. The molecule has 33 heavy (non-hydrogen) atoms. The molecule has 1 aromatic carbocycles. The van der Waals surface area contributed by atoms with E-state index in [0.29, 0.717) is 31.2 Å². The molecule has 1 aliphatic carbocycles. The first-order chi connectivity index (χ1) is 15.6. The van der Waals surface area contributed by atoms with Gasteiger partial charge < -0.3 is 25.6 Å². The molecule has 9 heteroatoms. The van der Waals surface area contributed by atoms with Crippen LogP contribution in [0.1, 0.15) is 46.2 Å². The molecule has 8 nitrogen and oxygen atoms in total. The molecule has 1 saturated carbocycles. The number of aryl methyl sites for hydroxylation is 1. The van der Waals surface area contributed by atoms with Crippen molar-refractivity contribution in [2.45, 2.75) is 71.5 Å². The van der Waals surface area contributed by atoms with Crippen LogP contribution in [0.3, 0.4) is 0 Å². The molecule has 3 aromatic rings. The van der Waals surface area contributed by atoms with E-state index >= 15 is 0 Å². The van der Waals surface area contributed by atoms with E-state index in [1.807, 2.05) is 32.0 Å². The third-order valence-corrected chi connectivity index (χ3v) is 6.97. The SMILES string of the molecule is CCNc1nc(C)c(-c2nc3ccccc3s2)c(NC2CC([C@@H](C)O)C[C@H]2OC(C)(C)O)n1. The van der Waals surface area contributed by atoms with Gasteiger partial charge in [-0.15, -0.1) is 11.3 Å². The highest BCUT2D eigenvalue weighted by Gasteiger charge is 2.40. The Labute approximate surface area is 198 Å². The van der Waals surface area contributed by atoms with Crippen molar-refractivity contribution >= 4 is 33.3 Å². The zero-order chi connectivity index (χ0) is 23.8. The maximum absolute atomic E-state index is 10.3. The van der Waals surface area contributed by atoms with Gasteiger partial charge in [0, 0.05) is 6.54 Å². The second kappa shape index (κ2) is 9.50. The maximum atomic E-state index is 10.3. The average molecular weight is 472 g/mol. The summed E-state index contributed by atoms with van der Waals surface area (Å²) in [5.41, 5.74) is 2.63. The number of anilines is 2. The lowest BCUT2D eigenvalue weighted by molar-refractivity contribution is -0.206. The van der Waals surface area contributed by atoms with E-state index in [4.69, 9.17) is 14.7 Å². The van der Waals surface area contributed by atoms with Gasteiger partial charge in [0.15, 0.2) is 5.79 Å². The predicted molar refractivity (Wildman–Crippen MR) is 133 cm³/mol. The Bertz CT molecular complexity index is 1080. The molecule has 178 valence electrons. The zero-order valence-corrected chi connectivity index (χ0v) is 20.6. The van der Waals surface area contributed by atoms with Crippen LogP contribution >= 0.6 is 11.3 Å². The Kier molecular flexibility index (Phi) is 6.86. The third-order valence-electron chi connectivity index (χ3n) is 5.92. The summed E-state index contributed by atoms with van der Waals surface area (Å²) < 4.78 is 7.08. The van der Waals surface area contributed by atoms with Crippen LogP contribution in [0.5, 0.6) is 0 Å². The van der Waals surface area contributed by atoms with Crippen molar-refractivity contribution in [1.82, 2.24) is 15.0 Å². The van der Waals surface area contributed by atoms with E-state index in [1.54, 1.807) is 32.1 Å². The fourth-order valence-corrected chi connectivity index (χ4v) is 5.47. The largest absolute Gasteiger partial charge is 0.393 e. The first-order valence-corrected chi connectivity index (χ1v) is 12.3. The molecule has 0 amide bonds. The van der Waals surface area contributed by atoms with Crippen LogP contribution in [0.15, 0.2) is 24.3 Å². The number of fused-ring (bicyclic) bond motifs is 1. The second-order valence-corrected chi connectivity index (χ2v) is 10.2. The standard InChI is InChI=1S/C24H33N5O3S/c1-6-25-23-26-13(2)20(22-28-16-9-7-8-10-19(16)33-22)21(29-23)27-17-11-15(14(3)30)12-18(17)32-24(4,5)31/h7-10,14-15,17-18,30-31H,6,11-12H2,1-5H3,(H2,25,26,27,29)/t14-,15?,17?,18-/m1/s1. The van der Waals surface area contributed by atoms with Crippen LogP contribution in [0.4, 0.5) is 11.8 Å². The van der Waals surface area contributed by atoms with E-state index in [9.17, 15) is 10.2 Å². The van der Waals surface area contributed by atoms with Gasteiger partial charge in [0.05, 0.1) is 39.7 Å². The number of aromatic nitrogens is 3. The molecule has 0 saturated heterocycles. The van der Waals surface area contributed by atoms with E-state index in [0.717, 1.165) is 26.5 Å². The van der Waals surface area contributed by atoms with E-state index in [1.165, 1.54) is 0 Å². The first-order valence-electron chi connectivity index (χ1n) is 11.5. The highest BCUT2D eigenvalue weighted by atomic mass is 32.1. The van der Waals surface area contributed by atoms with Gasteiger partial charge in [-0.3, -0.25) is 0 Å². The van der Waals surface area contributed by atoms with Crippen LogP contribution in [-0.2, 0) is 4.74 Å². The molecule has 4 N–H and O–H groups in total. The Morgan fingerprint density at radius 1 is 1.21 bits per heavy atom. The number of nitrogens with zero attached hydrogens (tertiary/aromatic N) is 3. The Morgan fingerprint density at radius 3 is 2.64 bits per heavy atom. The quantitative estimate of drug-likeness (QED) is 0.362. The summed E-state index contributed by atoms with van der Waals surface area (Å²) in [6.45, 7) is 9.74. The van der Waals surface area contributed by atoms with Gasteiger partial charge in [-0.1, -0.05) is 12.1 Å². The smallest absolute Gasteiger partial charge is 0.224 e. The molecule has 1 fully saturated rings. The average Bonchev–Trinajstić information content (AvgIpc) is 3.31. The number of benzene rings is 1. The lowest BCUT2D eigenvalue weighted by Gasteiger charge is -2.29. The molecular weight excluding hydrogens is 438 g/mol. The van der Waals surface area contributed by atoms with Crippen molar-refractivity contribution < 1.29 is 14.9 Å². The minimum absolute atomic E-state index is 0.0666. The van der Waals surface area contributed by atoms with Crippen LogP contribution in [0.2, 0.25) is 0 Å². The summed E-state index contributed by atoms with van der Waals surface area (Å²) in [5, 5.41) is 28.2. The molecule has 4 atom stereocenters. The number of aliphatic hydroxyl groups excluding tert-OH is 1. The number of thiazole rings is 1. The maximum Gasteiger partial charge on any atom is 0.224 e. The van der Waals surface area contributed by atoms with Crippen molar-refractivity contribution in [2.75, 3.05) is 17.2 Å². The summed E-state index contributed by atoms with van der Waals surface area (Å²) in [5.74, 6) is 0.0206. The number of nitrogens with one attached hydrogen (secondary N) is 2. The van der Waals surface area contributed by atoms with E-state index < -0.39 is 11.9 Å². The second-order valence-electron chi connectivity index (χ2n) is 9.20. The summed E-state index contributed by atoms with van der Waals surface area (Å²) in [4.78, 5) is 14.3. The van der Waals surface area contributed by atoms with Crippen LogP contribution in [-0.4, -0.2) is 55.7 Å². The summed E-state index contributed by atoms with van der Waals surface area (Å²) in [6.07, 6.45) is 0.626. The minimum Gasteiger partial charge on any atom is -0.393 e. The Hall–Kier alpha value is -2.33. The monoisotopic (exact) mass is 471 g/mol. The number of hydrogen-bond donors (Lipinski definition) is 4. The van der Waals surface area contributed by atoms with Crippen LogP contribution in [0.25, 0.3) is 20.8 Å². The zero-order valence-electron chi connectivity index (χ0n) is 19.8. The van der Waals surface area contributed by atoms with Crippen molar-refractivity contribution in [3.05, 3.63) is 30.0 Å². The third kappa shape index (κ3) is 5.43. The molecular formula is C24H33N5O3S. The van der Waals surface area contributed by atoms with Crippen molar-refractivity contribution in [3.8, 4) is 10.6 Å². The summed E-state index contributed by atoms with van der Waals surface area (Å²) in [7, 11) is 0. The normalized spacial score (nSPS) is 22.0. The van der Waals surface area contributed by atoms with Crippen molar-refractivity contribution in [1.29, 1.82) is 0 Å². The molecule has 0 radical (unpaired) electrons. The van der Waals surface area contributed by atoms with Gasteiger partial charge in [0.1, 0.15) is 10.8 Å². The highest BCUT2D eigenvalue weighted by molar-refractivity contribution is 7.21. The number of aliphatic hydroxyl groups is 2.